The largest absolute Gasteiger partial charge is 0.497 e. The lowest BCUT2D eigenvalue weighted by atomic mass is 9.81. The highest BCUT2D eigenvalue weighted by molar-refractivity contribution is 7.89. The predicted octanol–water partition coefficient (Wildman–Crippen LogP) is 2.88. The van der Waals surface area contributed by atoms with Crippen LogP contribution in [0.2, 0.25) is 0 Å². The highest BCUT2D eigenvalue weighted by atomic mass is 32.2. The summed E-state index contributed by atoms with van der Waals surface area (Å²) < 4.78 is 32.6. The topological polar surface area (TPSA) is 124 Å². The molecule has 0 aromatic heterocycles. The Labute approximate surface area is 206 Å². The van der Waals surface area contributed by atoms with E-state index in [0.717, 1.165) is 13.1 Å². The van der Waals surface area contributed by atoms with Crippen molar-refractivity contribution in [2.45, 2.75) is 42.5 Å². The van der Waals surface area contributed by atoms with Crippen molar-refractivity contribution in [3.05, 3.63) is 60.2 Å². The molecule has 190 valence electrons. The highest BCUT2D eigenvalue weighted by Crippen LogP contribution is 2.35. The second-order valence-corrected chi connectivity index (χ2v) is 10.6. The van der Waals surface area contributed by atoms with E-state index in [4.69, 9.17) is 24.5 Å². The summed E-state index contributed by atoms with van der Waals surface area (Å²) in [5.41, 5.74) is 1.46. The molecule has 1 aliphatic carbocycles. The molecule has 2 fully saturated rings. The molecule has 0 amide bonds. The fourth-order valence-corrected chi connectivity index (χ4v) is 6.13. The first-order chi connectivity index (χ1) is 16.7. The summed E-state index contributed by atoms with van der Waals surface area (Å²) in [5, 5.41) is 14.8. The summed E-state index contributed by atoms with van der Waals surface area (Å²) in [6.07, 6.45) is 4.84. The Bertz CT molecular complexity index is 1060. The van der Waals surface area contributed by atoms with E-state index in [1.54, 1.807) is 35.7 Å². The van der Waals surface area contributed by atoms with Gasteiger partial charge in [0.15, 0.2) is 0 Å². The van der Waals surface area contributed by atoms with E-state index >= 15 is 0 Å². The Hall–Kier alpha value is -2.95. The number of ether oxygens (including phenoxy) is 1. The molecule has 0 unspecified atom stereocenters. The predicted molar refractivity (Wildman–Crippen MR) is 130 cm³/mol. The van der Waals surface area contributed by atoms with Gasteiger partial charge in [-0.1, -0.05) is 30.3 Å². The van der Waals surface area contributed by atoms with Gasteiger partial charge in [0.05, 0.1) is 12.0 Å². The molecule has 0 radical (unpaired) electrons. The zero-order valence-corrected chi connectivity index (χ0v) is 20.6. The summed E-state index contributed by atoms with van der Waals surface area (Å²) in [5.74, 6) is -2.31. The minimum atomic E-state index is -3.43. The van der Waals surface area contributed by atoms with Gasteiger partial charge < -0.3 is 14.9 Å². The number of aliphatic carboxylic acids is 2. The van der Waals surface area contributed by atoms with Gasteiger partial charge in [-0.2, -0.15) is 4.31 Å². The Morgan fingerprint density at radius 3 is 1.86 bits per heavy atom. The third-order valence-corrected chi connectivity index (χ3v) is 8.55. The van der Waals surface area contributed by atoms with Crippen LogP contribution in [0.3, 0.4) is 0 Å². The van der Waals surface area contributed by atoms with E-state index in [2.05, 4.69) is 35.2 Å². The van der Waals surface area contributed by atoms with Crippen LogP contribution >= 0.6 is 0 Å². The van der Waals surface area contributed by atoms with E-state index in [-0.39, 0.29) is 0 Å². The lowest BCUT2D eigenvalue weighted by molar-refractivity contribution is -0.159. The van der Waals surface area contributed by atoms with Crippen molar-refractivity contribution < 1.29 is 33.0 Å². The molecule has 10 heteroatoms. The van der Waals surface area contributed by atoms with Crippen LogP contribution in [-0.2, 0) is 19.6 Å². The SMILES string of the molecule is COc1ccc(S(=O)(=O)N2CCN(C3CCC(c4ccccc4)CC3)CC2)cc1.O=C(O)C(=O)O. The molecule has 1 saturated carbocycles. The van der Waals surface area contributed by atoms with Gasteiger partial charge in [0.25, 0.3) is 0 Å². The van der Waals surface area contributed by atoms with Crippen LogP contribution in [0.25, 0.3) is 0 Å². The van der Waals surface area contributed by atoms with Gasteiger partial charge in [-0.15, -0.1) is 0 Å². The van der Waals surface area contributed by atoms with Crippen molar-refractivity contribution in [3.63, 3.8) is 0 Å². The number of carboxylic acid groups (broad SMARTS) is 2. The summed E-state index contributed by atoms with van der Waals surface area (Å²) in [7, 11) is -1.86. The number of sulfonamides is 1. The van der Waals surface area contributed by atoms with Gasteiger partial charge in [0.1, 0.15) is 5.75 Å². The first-order valence-electron chi connectivity index (χ1n) is 11.6. The molecule has 2 N–H and O–H groups in total. The molecular weight excluding hydrogens is 472 g/mol. The number of nitrogens with zero attached hydrogens (tertiary/aromatic N) is 2. The molecular formula is C25H32N2O7S. The molecule has 2 aliphatic rings. The van der Waals surface area contributed by atoms with Gasteiger partial charge >= 0.3 is 11.9 Å². The average Bonchev–Trinajstić information content (AvgIpc) is 2.89. The Kier molecular flexibility index (Phi) is 9.25. The number of methoxy groups -OCH3 is 1. The Balaban J connectivity index is 0.000000509. The van der Waals surface area contributed by atoms with E-state index in [1.807, 2.05) is 0 Å². The smallest absolute Gasteiger partial charge is 0.414 e. The van der Waals surface area contributed by atoms with Crippen molar-refractivity contribution >= 4 is 22.0 Å². The van der Waals surface area contributed by atoms with Crippen LogP contribution in [0.15, 0.2) is 59.5 Å². The molecule has 1 heterocycles. The number of piperazine rings is 1. The molecule has 1 saturated heterocycles. The van der Waals surface area contributed by atoms with Gasteiger partial charge in [-0.05, 0) is 61.4 Å². The van der Waals surface area contributed by atoms with Crippen LogP contribution in [0, 0.1) is 0 Å². The molecule has 1 aliphatic heterocycles. The minimum absolute atomic E-state index is 0.343. The standard InChI is InChI=1S/C23H30N2O3S.C2H2O4/c1-28-22-11-13-23(14-12-22)29(26,27)25-17-15-24(16-18-25)21-9-7-20(8-10-21)19-5-3-2-4-6-19;3-1(4)2(5)6/h2-6,11-14,20-21H,7-10,15-18H2,1H3;(H,3,4)(H,5,6). The van der Waals surface area contributed by atoms with Crippen LogP contribution < -0.4 is 4.74 Å². The fourth-order valence-electron chi connectivity index (χ4n) is 4.71. The fraction of sp³-hybridized carbons (Fsp3) is 0.440. The normalized spacial score (nSPS) is 21.4. The number of hydrogen-bond acceptors (Lipinski definition) is 6. The van der Waals surface area contributed by atoms with Crippen LogP contribution in [0.4, 0.5) is 0 Å². The minimum Gasteiger partial charge on any atom is -0.497 e. The van der Waals surface area contributed by atoms with E-state index < -0.39 is 22.0 Å². The maximum atomic E-state index is 12.9. The molecule has 0 spiro atoms. The van der Waals surface area contributed by atoms with Crippen molar-refractivity contribution in [2.24, 2.45) is 0 Å². The Morgan fingerprint density at radius 1 is 0.829 bits per heavy atom. The molecule has 2 aromatic rings. The van der Waals surface area contributed by atoms with Crippen molar-refractivity contribution in [3.8, 4) is 5.75 Å². The van der Waals surface area contributed by atoms with E-state index in [1.165, 1.54) is 31.2 Å². The first kappa shape index (κ1) is 26.7. The third kappa shape index (κ3) is 7.03. The quantitative estimate of drug-likeness (QED) is 0.596. The van der Waals surface area contributed by atoms with E-state index in [9.17, 15) is 8.42 Å². The van der Waals surface area contributed by atoms with Crippen LogP contribution in [-0.4, -0.2) is 79.1 Å². The molecule has 0 atom stereocenters. The van der Waals surface area contributed by atoms with Crippen molar-refractivity contribution in [2.75, 3.05) is 33.3 Å². The zero-order valence-electron chi connectivity index (χ0n) is 19.7. The number of carboxylic acids is 2. The number of benzene rings is 2. The monoisotopic (exact) mass is 504 g/mol. The molecule has 9 nitrogen and oxygen atoms in total. The molecule has 2 aromatic carbocycles. The Morgan fingerprint density at radius 2 is 1.37 bits per heavy atom. The first-order valence-corrected chi connectivity index (χ1v) is 13.1. The maximum absolute atomic E-state index is 12.9. The summed E-state index contributed by atoms with van der Waals surface area (Å²) in [4.78, 5) is 21.0. The summed E-state index contributed by atoms with van der Waals surface area (Å²) in [6.45, 7) is 2.76. The van der Waals surface area contributed by atoms with Gasteiger partial charge in [0, 0.05) is 32.2 Å². The second kappa shape index (κ2) is 12.1. The third-order valence-electron chi connectivity index (χ3n) is 6.64. The molecule has 4 rings (SSSR count). The lowest BCUT2D eigenvalue weighted by Gasteiger charge is -2.41. The maximum Gasteiger partial charge on any atom is 0.414 e. The van der Waals surface area contributed by atoms with Crippen LogP contribution in [0.1, 0.15) is 37.2 Å². The molecule has 0 bridgehead atoms. The zero-order chi connectivity index (χ0) is 25.4. The van der Waals surface area contributed by atoms with Crippen molar-refractivity contribution in [1.29, 1.82) is 0 Å². The van der Waals surface area contributed by atoms with Gasteiger partial charge in [0.2, 0.25) is 10.0 Å². The average molecular weight is 505 g/mol. The number of rotatable bonds is 5. The summed E-state index contributed by atoms with van der Waals surface area (Å²) >= 11 is 0. The number of hydrogen-bond donors (Lipinski definition) is 2. The molecule has 35 heavy (non-hydrogen) atoms. The van der Waals surface area contributed by atoms with Crippen molar-refractivity contribution in [1.82, 2.24) is 9.21 Å². The highest BCUT2D eigenvalue weighted by Gasteiger charge is 2.33. The number of carbonyl (C=O) groups is 2. The lowest BCUT2D eigenvalue weighted by Crippen LogP contribution is -2.52. The van der Waals surface area contributed by atoms with E-state index in [0.29, 0.717) is 35.7 Å². The van der Waals surface area contributed by atoms with Gasteiger partial charge in [-0.3, -0.25) is 4.90 Å². The van der Waals surface area contributed by atoms with Crippen LogP contribution in [0.5, 0.6) is 5.75 Å². The van der Waals surface area contributed by atoms with Gasteiger partial charge in [-0.25, -0.2) is 18.0 Å². The second-order valence-electron chi connectivity index (χ2n) is 8.64. The summed E-state index contributed by atoms with van der Waals surface area (Å²) in [6, 6.07) is 18.1.